The Morgan fingerprint density at radius 1 is 1.35 bits per heavy atom. The Morgan fingerprint density at radius 2 is 2.05 bits per heavy atom. The molecule has 0 aliphatic carbocycles. The van der Waals surface area contributed by atoms with Gasteiger partial charge >= 0.3 is 0 Å². The van der Waals surface area contributed by atoms with E-state index in [1.807, 2.05) is 30.5 Å². The molecular weight excluding hydrogens is 272 g/mol. The van der Waals surface area contributed by atoms with Crippen molar-refractivity contribution in [3.8, 4) is 0 Å². The zero-order valence-corrected chi connectivity index (χ0v) is 14.0. The van der Waals surface area contributed by atoms with Crippen molar-refractivity contribution in [2.24, 2.45) is 5.92 Å². The highest BCUT2D eigenvalue weighted by molar-refractivity contribution is 7.99. The van der Waals surface area contributed by atoms with Crippen molar-refractivity contribution in [1.82, 2.24) is 10.2 Å². The molecule has 1 saturated heterocycles. The second-order valence-electron chi connectivity index (χ2n) is 5.78. The Hall–Kier alpha value is -0.710. The van der Waals surface area contributed by atoms with Gasteiger partial charge in [-0.25, -0.2) is 0 Å². The Balaban J connectivity index is 2.72. The van der Waals surface area contributed by atoms with Crippen LogP contribution in [0.25, 0.3) is 0 Å². The van der Waals surface area contributed by atoms with E-state index in [4.69, 9.17) is 0 Å². The zero-order chi connectivity index (χ0) is 15.1. The maximum Gasteiger partial charge on any atom is 0.245 e. The number of carbonyl (C=O) groups excluding carboxylic acids is 2. The van der Waals surface area contributed by atoms with Crippen molar-refractivity contribution in [2.75, 3.05) is 18.8 Å². The van der Waals surface area contributed by atoms with Crippen LogP contribution in [0.4, 0.5) is 0 Å². The highest BCUT2D eigenvalue weighted by Crippen LogP contribution is 2.23. The van der Waals surface area contributed by atoms with Crippen LogP contribution in [0.3, 0.4) is 0 Å². The molecule has 1 heterocycles. The second-order valence-corrected chi connectivity index (χ2v) is 7.36. The first-order valence-corrected chi connectivity index (χ1v) is 8.68. The lowest BCUT2D eigenvalue weighted by Crippen LogP contribution is -2.51. The Kier molecular flexibility index (Phi) is 7.41. The van der Waals surface area contributed by atoms with Crippen molar-refractivity contribution >= 4 is 23.6 Å². The number of likely N-dealkylation sites (tertiary alicyclic amines) is 1. The summed E-state index contributed by atoms with van der Waals surface area (Å²) in [7, 11) is 0. The lowest BCUT2D eigenvalue weighted by Gasteiger charge is -2.30. The van der Waals surface area contributed by atoms with Gasteiger partial charge in [-0.05, 0) is 24.5 Å². The Bertz CT molecular complexity index is 334. The van der Waals surface area contributed by atoms with E-state index in [0.29, 0.717) is 5.25 Å². The molecule has 4 nitrogen and oxygen atoms in total. The van der Waals surface area contributed by atoms with E-state index in [-0.39, 0.29) is 17.7 Å². The predicted octanol–water partition coefficient (Wildman–Crippen LogP) is 2.28. The minimum Gasteiger partial charge on any atom is -0.344 e. The van der Waals surface area contributed by atoms with E-state index in [9.17, 15) is 9.59 Å². The third-order valence-corrected chi connectivity index (χ3v) is 4.82. The number of carbonyl (C=O) groups is 2. The highest BCUT2D eigenvalue weighted by Gasteiger charge is 2.30. The summed E-state index contributed by atoms with van der Waals surface area (Å²) < 4.78 is 0. The topological polar surface area (TPSA) is 49.4 Å². The molecule has 1 aliphatic rings. The van der Waals surface area contributed by atoms with Crippen molar-refractivity contribution in [1.29, 1.82) is 0 Å². The maximum atomic E-state index is 12.7. The fourth-order valence-electron chi connectivity index (χ4n) is 2.60. The highest BCUT2D eigenvalue weighted by atomic mass is 32.2. The van der Waals surface area contributed by atoms with Gasteiger partial charge in [0.1, 0.15) is 6.04 Å². The van der Waals surface area contributed by atoms with Gasteiger partial charge in [0.15, 0.2) is 0 Å². The van der Waals surface area contributed by atoms with Crippen LogP contribution in [0, 0.1) is 5.92 Å². The molecule has 2 amide bonds. The monoisotopic (exact) mass is 300 g/mol. The minimum atomic E-state index is -0.391. The van der Waals surface area contributed by atoms with Crippen LogP contribution in [0.2, 0.25) is 0 Å². The third-order valence-electron chi connectivity index (χ3n) is 3.63. The van der Waals surface area contributed by atoms with E-state index in [0.717, 1.165) is 25.3 Å². The van der Waals surface area contributed by atoms with Crippen LogP contribution in [-0.4, -0.2) is 46.8 Å². The number of amides is 2. The molecule has 0 saturated carbocycles. The third kappa shape index (κ3) is 5.35. The van der Waals surface area contributed by atoms with Crippen LogP contribution < -0.4 is 5.32 Å². The SMILES string of the molecule is CCS[C@H]1CCCCN(C(=O)[C@H](NC(C)=O)C(C)C)C1. The van der Waals surface area contributed by atoms with Gasteiger partial charge in [0, 0.05) is 25.3 Å². The lowest BCUT2D eigenvalue weighted by molar-refractivity contribution is -0.137. The average molecular weight is 300 g/mol. The normalized spacial score (nSPS) is 21.4. The molecule has 2 atom stereocenters. The fourth-order valence-corrected chi connectivity index (χ4v) is 3.69. The van der Waals surface area contributed by atoms with Crippen LogP contribution in [0.5, 0.6) is 0 Å². The van der Waals surface area contributed by atoms with Gasteiger partial charge in [-0.1, -0.05) is 27.2 Å². The van der Waals surface area contributed by atoms with Crippen molar-refractivity contribution < 1.29 is 9.59 Å². The molecule has 0 aromatic heterocycles. The summed E-state index contributed by atoms with van der Waals surface area (Å²) in [5, 5.41) is 3.35. The van der Waals surface area contributed by atoms with Crippen LogP contribution >= 0.6 is 11.8 Å². The Morgan fingerprint density at radius 3 is 2.60 bits per heavy atom. The van der Waals surface area contributed by atoms with Gasteiger partial charge in [0.25, 0.3) is 0 Å². The molecular formula is C15H28N2O2S. The molecule has 1 rings (SSSR count). The van der Waals surface area contributed by atoms with Gasteiger partial charge in [-0.3, -0.25) is 9.59 Å². The standard InChI is InChI=1S/C15H28N2O2S/c1-5-20-13-8-6-7-9-17(10-13)15(19)14(11(2)3)16-12(4)18/h11,13-14H,5-10H2,1-4H3,(H,16,18)/t13-,14+/m0/s1. The molecule has 0 bridgehead atoms. The van der Waals surface area contributed by atoms with E-state index in [2.05, 4.69) is 12.2 Å². The molecule has 1 N–H and O–H groups in total. The van der Waals surface area contributed by atoms with Crippen molar-refractivity contribution in [3.63, 3.8) is 0 Å². The number of nitrogens with zero attached hydrogens (tertiary/aromatic N) is 1. The smallest absolute Gasteiger partial charge is 0.245 e. The molecule has 0 radical (unpaired) electrons. The second kappa shape index (κ2) is 8.55. The van der Waals surface area contributed by atoms with Crippen molar-refractivity contribution in [3.05, 3.63) is 0 Å². The molecule has 20 heavy (non-hydrogen) atoms. The zero-order valence-electron chi connectivity index (χ0n) is 13.1. The summed E-state index contributed by atoms with van der Waals surface area (Å²) >= 11 is 1.94. The van der Waals surface area contributed by atoms with E-state index < -0.39 is 6.04 Å². The maximum absolute atomic E-state index is 12.7. The molecule has 0 aromatic rings. The minimum absolute atomic E-state index is 0.0822. The average Bonchev–Trinajstić information content (AvgIpc) is 2.61. The summed E-state index contributed by atoms with van der Waals surface area (Å²) in [6.07, 6.45) is 3.44. The first kappa shape index (κ1) is 17.3. The first-order chi connectivity index (χ1) is 9.45. The van der Waals surface area contributed by atoms with Gasteiger partial charge in [-0.2, -0.15) is 11.8 Å². The Labute approximate surface area is 127 Å². The quantitative estimate of drug-likeness (QED) is 0.847. The van der Waals surface area contributed by atoms with Crippen LogP contribution in [-0.2, 0) is 9.59 Å². The first-order valence-electron chi connectivity index (χ1n) is 7.63. The van der Waals surface area contributed by atoms with Crippen molar-refractivity contribution in [2.45, 2.75) is 58.2 Å². The van der Waals surface area contributed by atoms with Gasteiger partial charge < -0.3 is 10.2 Å². The van der Waals surface area contributed by atoms with Gasteiger partial charge in [0.2, 0.25) is 11.8 Å². The van der Waals surface area contributed by atoms with Crippen LogP contribution in [0.1, 0.15) is 47.0 Å². The van der Waals surface area contributed by atoms with Gasteiger partial charge in [0.05, 0.1) is 0 Å². The van der Waals surface area contributed by atoms with Crippen LogP contribution in [0.15, 0.2) is 0 Å². The number of hydrogen-bond donors (Lipinski definition) is 1. The molecule has 116 valence electrons. The van der Waals surface area contributed by atoms with Gasteiger partial charge in [-0.15, -0.1) is 0 Å². The number of hydrogen-bond acceptors (Lipinski definition) is 3. The molecule has 1 aliphatic heterocycles. The van der Waals surface area contributed by atoms with E-state index in [1.165, 1.54) is 19.8 Å². The lowest BCUT2D eigenvalue weighted by atomic mass is 10.0. The van der Waals surface area contributed by atoms with E-state index in [1.54, 1.807) is 0 Å². The molecule has 0 unspecified atom stereocenters. The molecule has 0 spiro atoms. The predicted molar refractivity (Wildman–Crippen MR) is 84.8 cm³/mol. The summed E-state index contributed by atoms with van der Waals surface area (Å²) in [5.41, 5.74) is 0. The summed E-state index contributed by atoms with van der Waals surface area (Å²) in [4.78, 5) is 25.9. The number of thioether (sulfide) groups is 1. The number of rotatable bonds is 5. The van der Waals surface area contributed by atoms with E-state index >= 15 is 0 Å². The summed E-state index contributed by atoms with van der Waals surface area (Å²) in [6.45, 7) is 9.24. The largest absolute Gasteiger partial charge is 0.344 e. The summed E-state index contributed by atoms with van der Waals surface area (Å²) in [5.74, 6) is 1.16. The molecule has 1 fully saturated rings. The molecule has 5 heteroatoms. The molecule has 0 aromatic carbocycles. The number of nitrogens with one attached hydrogen (secondary N) is 1. The fraction of sp³-hybridized carbons (Fsp3) is 0.867. The summed E-state index contributed by atoms with van der Waals surface area (Å²) in [6, 6.07) is -0.391.